The van der Waals surface area contributed by atoms with E-state index in [9.17, 15) is 0 Å². The minimum Gasteiger partial charge on any atom is -0.361 e. The molecular formula is C20H25N. The molecule has 0 radical (unpaired) electrons. The summed E-state index contributed by atoms with van der Waals surface area (Å²) in [7, 11) is 0. The third kappa shape index (κ3) is 4.35. The van der Waals surface area contributed by atoms with Crippen LogP contribution in [0.2, 0.25) is 0 Å². The summed E-state index contributed by atoms with van der Waals surface area (Å²) in [5.74, 6) is 0.206. The van der Waals surface area contributed by atoms with Crippen LogP contribution in [-0.4, -0.2) is 4.98 Å². The Hall–Kier alpha value is -2.28. The van der Waals surface area contributed by atoms with Gasteiger partial charge in [-0.2, -0.15) is 0 Å². The van der Waals surface area contributed by atoms with Gasteiger partial charge in [0.2, 0.25) is 0 Å². The summed E-state index contributed by atoms with van der Waals surface area (Å²) in [6, 6.07) is 0. The monoisotopic (exact) mass is 279 g/mol. The highest BCUT2D eigenvalue weighted by atomic mass is 14.7. The second-order valence-electron chi connectivity index (χ2n) is 5.04. The largest absolute Gasteiger partial charge is 0.361 e. The molecule has 0 saturated carbocycles. The first-order valence-corrected chi connectivity index (χ1v) is 7.17. The maximum absolute atomic E-state index is 4.25. The highest BCUT2D eigenvalue weighted by Crippen LogP contribution is 2.30. The van der Waals surface area contributed by atoms with Crippen molar-refractivity contribution in [3.05, 3.63) is 84.8 Å². The molecule has 21 heavy (non-hydrogen) atoms. The van der Waals surface area contributed by atoms with E-state index in [1.807, 2.05) is 49.6 Å². The fourth-order valence-corrected chi connectivity index (χ4v) is 2.07. The molecule has 0 fully saturated rings. The van der Waals surface area contributed by atoms with E-state index in [2.05, 4.69) is 38.6 Å². The highest BCUT2D eigenvalue weighted by molar-refractivity contribution is 5.73. The van der Waals surface area contributed by atoms with Gasteiger partial charge >= 0.3 is 0 Å². The first kappa shape index (κ1) is 16.8. The molecule has 1 aromatic rings. The molecule has 0 bridgehead atoms. The highest BCUT2D eigenvalue weighted by Gasteiger charge is 2.14. The van der Waals surface area contributed by atoms with Crippen molar-refractivity contribution < 1.29 is 0 Å². The van der Waals surface area contributed by atoms with Gasteiger partial charge in [-0.1, -0.05) is 63.1 Å². The van der Waals surface area contributed by atoms with Crippen LogP contribution in [-0.2, 0) is 0 Å². The van der Waals surface area contributed by atoms with Crippen LogP contribution in [0, 0.1) is 12.8 Å². The Bertz CT molecular complexity index is 606. The Kier molecular flexibility index (Phi) is 6.48. The quantitative estimate of drug-likeness (QED) is 0.602. The summed E-state index contributed by atoms with van der Waals surface area (Å²) in [4.78, 5) is 3.28. The number of hydrogen-bond donors (Lipinski definition) is 1. The molecule has 1 nitrogen and oxygen atoms in total. The molecule has 0 saturated heterocycles. The molecule has 0 spiro atoms. The maximum Gasteiger partial charge on any atom is 0.0416 e. The lowest BCUT2D eigenvalue weighted by molar-refractivity contribution is 0.921. The fourth-order valence-electron chi connectivity index (χ4n) is 2.07. The predicted octanol–water partition coefficient (Wildman–Crippen LogP) is 5.86. The van der Waals surface area contributed by atoms with Gasteiger partial charge < -0.3 is 4.98 Å². The average molecular weight is 279 g/mol. The lowest BCUT2D eigenvalue weighted by atomic mass is 9.89. The Balaban J connectivity index is 2.93. The number of aromatic amines is 1. The van der Waals surface area contributed by atoms with Crippen molar-refractivity contribution in [1.29, 1.82) is 0 Å². The van der Waals surface area contributed by atoms with Gasteiger partial charge in [0.25, 0.3) is 0 Å². The average Bonchev–Trinajstić information content (AvgIpc) is 2.84. The van der Waals surface area contributed by atoms with Crippen molar-refractivity contribution in [3.63, 3.8) is 0 Å². The van der Waals surface area contributed by atoms with E-state index in [0.717, 1.165) is 22.4 Å². The summed E-state index contributed by atoms with van der Waals surface area (Å²) in [5.41, 5.74) is 5.59. The molecule has 1 rings (SSSR count). The Morgan fingerprint density at radius 2 is 1.95 bits per heavy atom. The number of aromatic nitrogens is 1. The van der Waals surface area contributed by atoms with E-state index in [0.29, 0.717) is 0 Å². The molecule has 1 atom stereocenters. The van der Waals surface area contributed by atoms with Crippen LogP contribution >= 0.6 is 0 Å². The van der Waals surface area contributed by atoms with Gasteiger partial charge in [-0.05, 0) is 42.2 Å². The summed E-state index contributed by atoms with van der Waals surface area (Å²) in [6.07, 6.45) is 15.8. The van der Waals surface area contributed by atoms with Gasteiger partial charge in [-0.25, -0.2) is 0 Å². The van der Waals surface area contributed by atoms with Crippen molar-refractivity contribution in [2.24, 2.45) is 5.92 Å². The van der Waals surface area contributed by atoms with E-state index in [4.69, 9.17) is 0 Å². The first-order valence-electron chi connectivity index (χ1n) is 7.17. The van der Waals surface area contributed by atoms with E-state index < -0.39 is 0 Å². The maximum atomic E-state index is 4.25. The molecule has 110 valence electrons. The Morgan fingerprint density at radius 1 is 1.24 bits per heavy atom. The van der Waals surface area contributed by atoms with Crippen LogP contribution in [0.1, 0.15) is 30.7 Å². The van der Waals surface area contributed by atoms with Crippen LogP contribution in [0.4, 0.5) is 0 Å². The van der Waals surface area contributed by atoms with Gasteiger partial charge in [0.05, 0.1) is 0 Å². The molecule has 0 aliphatic carbocycles. The first-order chi connectivity index (χ1) is 10.0. The van der Waals surface area contributed by atoms with Crippen molar-refractivity contribution in [2.45, 2.75) is 20.8 Å². The predicted molar refractivity (Wildman–Crippen MR) is 96.1 cm³/mol. The zero-order valence-corrected chi connectivity index (χ0v) is 13.3. The molecule has 0 aliphatic rings. The van der Waals surface area contributed by atoms with E-state index >= 15 is 0 Å². The normalized spacial score (nSPS) is 13.3. The zero-order valence-electron chi connectivity index (χ0n) is 13.3. The standard InChI is InChI=1S/C20H25N/c1-7-9-11-12-15(3)16(4)17(5)19-14-21-20(18(19)6)13-10-8-2/h7-14,16,21H,2-3,5H2,1,4,6H3/b9-7-,12-11-,13-10-. The molecule has 0 amide bonds. The molecule has 1 unspecified atom stereocenters. The second-order valence-corrected chi connectivity index (χ2v) is 5.04. The summed E-state index contributed by atoms with van der Waals surface area (Å²) in [6.45, 7) is 18.3. The number of H-pyrrole nitrogens is 1. The molecule has 0 aliphatic heterocycles. The van der Waals surface area contributed by atoms with Gasteiger partial charge in [0.1, 0.15) is 0 Å². The van der Waals surface area contributed by atoms with Crippen molar-refractivity contribution >= 4 is 11.6 Å². The molecule has 1 aromatic heterocycles. The van der Waals surface area contributed by atoms with Crippen LogP contribution in [0.3, 0.4) is 0 Å². The Labute approximate surface area is 128 Å². The van der Waals surface area contributed by atoms with Crippen LogP contribution in [0.5, 0.6) is 0 Å². The third-order valence-corrected chi connectivity index (χ3v) is 3.62. The zero-order chi connectivity index (χ0) is 15.8. The smallest absolute Gasteiger partial charge is 0.0416 e. The second kappa shape index (κ2) is 8.11. The lowest BCUT2D eigenvalue weighted by Crippen LogP contribution is -1.99. The van der Waals surface area contributed by atoms with Gasteiger partial charge in [0.15, 0.2) is 0 Å². The van der Waals surface area contributed by atoms with Gasteiger partial charge in [-0.15, -0.1) is 0 Å². The number of rotatable bonds is 7. The van der Waals surface area contributed by atoms with Crippen LogP contribution < -0.4 is 0 Å². The van der Waals surface area contributed by atoms with E-state index in [-0.39, 0.29) is 5.92 Å². The fraction of sp³-hybridized carbons (Fsp3) is 0.200. The topological polar surface area (TPSA) is 15.8 Å². The van der Waals surface area contributed by atoms with E-state index in [1.165, 1.54) is 5.56 Å². The van der Waals surface area contributed by atoms with Crippen molar-refractivity contribution in [1.82, 2.24) is 4.98 Å². The SMILES string of the molecule is C=C/C=C\c1[nH]cc(C(=C)C(C)C(=C)/C=C\C=C/C)c1C. The summed E-state index contributed by atoms with van der Waals surface area (Å²) in [5, 5.41) is 0. The van der Waals surface area contributed by atoms with Crippen molar-refractivity contribution in [2.75, 3.05) is 0 Å². The summed E-state index contributed by atoms with van der Waals surface area (Å²) < 4.78 is 0. The minimum atomic E-state index is 0.206. The van der Waals surface area contributed by atoms with Gasteiger partial charge in [0, 0.05) is 17.8 Å². The van der Waals surface area contributed by atoms with Gasteiger partial charge in [-0.3, -0.25) is 0 Å². The Morgan fingerprint density at radius 3 is 2.57 bits per heavy atom. The molecule has 0 aromatic carbocycles. The molecule has 1 heteroatoms. The molecule has 1 heterocycles. The number of hydrogen-bond acceptors (Lipinski definition) is 0. The summed E-state index contributed by atoms with van der Waals surface area (Å²) >= 11 is 0. The number of nitrogens with one attached hydrogen (secondary N) is 1. The minimum absolute atomic E-state index is 0.206. The van der Waals surface area contributed by atoms with Crippen molar-refractivity contribution in [3.8, 4) is 0 Å². The van der Waals surface area contributed by atoms with Crippen LogP contribution in [0.15, 0.2) is 68.0 Å². The number of allylic oxidation sites excluding steroid dienone is 8. The lowest BCUT2D eigenvalue weighted by Gasteiger charge is -2.15. The third-order valence-electron chi connectivity index (χ3n) is 3.62. The molecular weight excluding hydrogens is 254 g/mol. The van der Waals surface area contributed by atoms with E-state index in [1.54, 1.807) is 6.08 Å². The molecule has 1 N–H and O–H groups in total. The van der Waals surface area contributed by atoms with Crippen LogP contribution in [0.25, 0.3) is 11.6 Å².